The summed E-state index contributed by atoms with van der Waals surface area (Å²) in [5, 5.41) is 14.3. The first-order valence-corrected chi connectivity index (χ1v) is 11.0. The Balaban J connectivity index is 1.84. The van der Waals surface area contributed by atoms with Gasteiger partial charge < -0.3 is 16.2 Å². The quantitative estimate of drug-likeness (QED) is 0.541. The van der Waals surface area contributed by atoms with E-state index in [-0.39, 0.29) is 5.56 Å². The molecule has 1 heterocycles. The highest BCUT2D eigenvalue weighted by atomic mass is 32.1. The maximum absolute atomic E-state index is 12.8. The molecule has 4 N–H and O–H groups in total. The number of unbranched alkanes of at least 4 members (excludes halogenated alkanes) is 1. The van der Waals surface area contributed by atoms with Crippen LogP contribution in [-0.4, -0.2) is 22.9 Å². The monoisotopic (exact) mass is 426 g/mol. The summed E-state index contributed by atoms with van der Waals surface area (Å²) >= 11 is 1.22. The van der Waals surface area contributed by atoms with Crippen molar-refractivity contribution in [2.75, 3.05) is 5.32 Å². The van der Waals surface area contributed by atoms with Crippen molar-refractivity contribution >= 4 is 34.1 Å². The number of rotatable bonds is 8. The van der Waals surface area contributed by atoms with Crippen LogP contribution < -0.4 is 11.1 Å². The van der Waals surface area contributed by atoms with E-state index in [1.54, 1.807) is 11.5 Å². The van der Waals surface area contributed by atoms with Crippen molar-refractivity contribution in [2.24, 2.45) is 17.6 Å². The molecule has 0 aliphatic heterocycles. The molecule has 0 saturated heterocycles. The zero-order chi connectivity index (χ0) is 21.7. The van der Waals surface area contributed by atoms with Gasteiger partial charge in [0.15, 0.2) is 0 Å². The molecule has 3 rings (SSSR count). The predicted molar refractivity (Wildman–Crippen MR) is 119 cm³/mol. The highest BCUT2D eigenvalue weighted by Crippen LogP contribution is 2.37. The van der Waals surface area contributed by atoms with E-state index < -0.39 is 29.6 Å². The summed E-state index contributed by atoms with van der Waals surface area (Å²) in [7, 11) is 0. The largest absolute Gasteiger partial charge is 0.481 e. The zero-order valence-electron chi connectivity index (χ0n) is 16.9. The van der Waals surface area contributed by atoms with E-state index in [1.807, 2.05) is 30.3 Å². The number of nitrogens with two attached hydrogens (primary N) is 1. The molecule has 0 radical (unpaired) electrons. The molecule has 1 aromatic heterocycles. The van der Waals surface area contributed by atoms with Crippen molar-refractivity contribution in [3.05, 3.63) is 52.9 Å². The maximum Gasteiger partial charge on any atom is 0.307 e. The van der Waals surface area contributed by atoms with Gasteiger partial charge in [-0.3, -0.25) is 14.4 Å². The number of aliphatic carboxylic acids is 1. The fraction of sp³-hybridized carbons (Fsp3) is 0.348. The van der Waals surface area contributed by atoms with Crippen molar-refractivity contribution in [3.8, 4) is 11.1 Å². The minimum absolute atomic E-state index is 0.257. The van der Waals surface area contributed by atoms with Crippen molar-refractivity contribution < 1.29 is 19.5 Å². The van der Waals surface area contributed by atoms with Gasteiger partial charge in [0, 0.05) is 10.9 Å². The van der Waals surface area contributed by atoms with Crippen LogP contribution in [0.3, 0.4) is 0 Å². The molecule has 2 amide bonds. The lowest BCUT2D eigenvalue weighted by atomic mass is 9.82. The average molecular weight is 427 g/mol. The second-order valence-corrected chi connectivity index (χ2v) is 8.38. The van der Waals surface area contributed by atoms with Crippen LogP contribution in [0.25, 0.3) is 11.1 Å². The SMILES string of the molecule is CCCCc1ccc(-c2csc(NC(=O)[C@H]3CC=CC[C@@H]3C(=O)O)c2C(N)=O)cc1. The van der Waals surface area contributed by atoms with Crippen LogP contribution in [0.15, 0.2) is 41.8 Å². The Morgan fingerprint density at radius 1 is 1.13 bits per heavy atom. The molecule has 30 heavy (non-hydrogen) atoms. The van der Waals surface area contributed by atoms with E-state index in [9.17, 15) is 19.5 Å². The smallest absolute Gasteiger partial charge is 0.307 e. The Morgan fingerprint density at radius 3 is 2.40 bits per heavy atom. The Hall–Kier alpha value is -2.93. The molecule has 0 unspecified atom stereocenters. The molecular weight excluding hydrogens is 400 g/mol. The van der Waals surface area contributed by atoms with Crippen LogP contribution in [0.1, 0.15) is 48.5 Å². The summed E-state index contributed by atoms with van der Waals surface area (Å²) in [6.07, 6.45) is 7.52. The van der Waals surface area contributed by atoms with Crippen LogP contribution in [0.5, 0.6) is 0 Å². The molecule has 1 aliphatic carbocycles. The van der Waals surface area contributed by atoms with Crippen molar-refractivity contribution in [1.29, 1.82) is 0 Å². The van der Waals surface area contributed by atoms with E-state index in [2.05, 4.69) is 12.2 Å². The number of hydrogen-bond acceptors (Lipinski definition) is 4. The maximum atomic E-state index is 12.8. The minimum atomic E-state index is -0.996. The molecule has 0 fully saturated rings. The van der Waals surface area contributed by atoms with Gasteiger partial charge in [-0.2, -0.15) is 0 Å². The van der Waals surface area contributed by atoms with E-state index in [4.69, 9.17) is 5.73 Å². The molecule has 7 heteroatoms. The molecule has 1 aromatic carbocycles. The van der Waals surface area contributed by atoms with E-state index in [0.29, 0.717) is 23.4 Å². The molecular formula is C23H26N2O4S. The van der Waals surface area contributed by atoms with Crippen LogP contribution in [0.4, 0.5) is 5.00 Å². The van der Waals surface area contributed by atoms with E-state index >= 15 is 0 Å². The molecule has 6 nitrogen and oxygen atoms in total. The molecule has 2 aromatic rings. The lowest BCUT2D eigenvalue weighted by molar-refractivity contribution is -0.146. The van der Waals surface area contributed by atoms with Gasteiger partial charge >= 0.3 is 5.97 Å². The summed E-state index contributed by atoms with van der Waals surface area (Å²) in [6.45, 7) is 2.15. The van der Waals surface area contributed by atoms with Gasteiger partial charge in [-0.05, 0) is 36.8 Å². The van der Waals surface area contributed by atoms with Crippen molar-refractivity contribution in [2.45, 2.75) is 39.0 Å². The lowest BCUT2D eigenvalue weighted by Crippen LogP contribution is -2.35. The predicted octanol–water partition coefficient (Wildman–Crippen LogP) is 4.46. The molecule has 0 saturated carbocycles. The highest BCUT2D eigenvalue weighted by molar-refractivity contribution is 7.15. The number of primary amides is 1. The summed E-state index contributed by atoms with van der Waals surface area (Å²) in [5.41, 5.74) is 8.64. The first-order valence-electron chi connectivity index (χ1n) is 10.1. The number of thiophene rings is 1. The third-order valence-electron chi connectivity index (χ3n) is 5.44. The zero-order valence-corrected chi connectivity index (χ0v) is 17.7. The number of allylic oxidation sites excluding steroid dienone is 2. The first-order chi connectivity index (χ1) is 14.4. The number of amides is 2. The van der Waals surface area contributed by atoms with E-state index in [0.717, 1.165) is 24.8 Å². The number of carbonyl (C=O) groups excluding carboxylic acids is 2. The van der Waals surface area contributed by atoms with Gasteiger partial charge in [0.1, 0.15) is 5.00 Å². The van der Waals surface area contributed by atoms with Gasteiger partial charge in [0.2, 0.25) is 5.91 Å². The number of benzene rings is 1. The minimum Gasteiger partial charge on any atom is -0.481 e. The second-order valence-electron chi connectivity index (χ2n) is 7.50. The van der Waals surface area contributed by atoms with Gasteiger partial charge in [-0.1, -0.05) is 49.8 Å². The molecule has 0 spiro atoms. The summed E-state index contributed by atoms with van der Waals surface area (Å²) in [6, 6.07) is 7.99. The first kappa shape index (κ1) is 21.8. The number of carboxylic acids is 1. The van der Waals surface area contributed by atoms with Crippen molar-refractivity contribution in [3.63, 3.8) is 0 Å². The summed E-state index contributed by atoms with van der Waals surface area (Å²) < 4.78 is 0. The van der Waals surface area contributed by atoms with Crippen molar-refractivity contribution in [1.82, 2.24) is 0 Å². The number of aryl methyl sites for hydroxylation is 1. The third-order valence-corrected chi connectivity index (χ3v) is 6.34. The van der Waals surface area contributed by atoms with Crippen LogP contribution in [-0.2, 0) is 16.0 Å². The average Bonchev–Trinajstić information content (AvgIpc) is 3.16. The van der Waals surface area contributed by atoms with Gasteiger partial charge in [0.05, 0.1) is 17.4 Å². The Morgan fingerprint density at radius 2 is 1.80 bits per heavy atom. The summed E-state index contributed by atoms with van der Waals surface area (Å²) in [4.78, 5) is 36.5. The van der Waals surface area contributed by atoms with Crippen LogP contribution in [0.2, 0.25) is 0 Å². The third kappa shape index (κ3) is 4.79. The fourth-order valence-corrected chi connectivity index (χ4v) is 4.70. The Bertz CT molecular complexity index is 962. The van der Waals surface area contributed by atoms with Gasteiger partial charge in [-0.25, -0.2) is 0 Å². The number of anilines is 1. The van der Waals surface area contributed by atoms with Gasteiger partial charge in [0.25, 0.3) is 5.91 Å². The molecule has 2 atom stereocenters. The number of hydrogen-bond donors (Lipinski definition) is 3. The van der Waals surface area contributed by atoms with E-state index in [1.165, 1.54) is 16.9 Å². The fourth-order valence-electron chi connectivity index (χ4n) is 3.72. The summed E-state index contributed by atoms with van der Waals surface area (Å²) in [5.74, 6) is -3.49. The molecule has 0 bridgehead atoms. The topological polar surface area (TPSA) is 109 Å². The Kier molecular flexibility index (Phi) is 7.05. The normalized spacial score (nSPS) is 18.2. The van der Waals surface area contributed by atoms with Crippen LogP contribution >= 0.6 is 11.3 Å². The number of nitrogens with one attached hydrogen (secondary N) is 1. The number of carbonyl (C=O) groups is 3. The number of carboxylic acid groups (broad SMARTS) is 1. The highest BCUT2D eigenvalue weighted by Gasteiger charge is 2.34. The molecule has 158 valence electrons. The second kappa shape index (κ2) is 9.71. The molecule has 1 aliphatic rings. The Labute approximate surface area is 179 Å². The standard InChI is InChI=1S/C23H26N2O4S/c1-2-3-6-14-9-11-15(12-10-14)18-13-30-22(19(18)20(24)26)25-21(27)16-7-4-5-8-17(16)23(28)29/h4-5,9-13,16-17H,2-3,6-8H2,1H3,(H2,24,26)(H,25,27)(H,28,29)/t16-,17-/m0/s1. The van der Waals surface area contributed by atoms with Crippen LogP contribution in [0, 0.1) is 11.8 Å². The lowest BCUT2D eigenvalue weighted by Gasteiger charge is -2.24. The van der Waals surface area contributed by atoms with Gasteiger partial charge in [-0.15, -0.1) is 11.3 Å².